The zero-order chi connectivity index (χ0) is 46.1. The van der Waals surface area contributed by atoms with Crippen molar-refractivity contribution in [2.24, 2.45) is 0 Å². The Balaban J connectivity index is 0.997. The van der Waals surface area contributed by atoms with E-state index in [0.29, 0.717) is 5.95 Å². The maximum absolute atomic E-state index is 5.63. The summed E-state index contributed by atoms with van der Waals surface area (Å²) in [4.78, 5) is 14.6. The SMILES string of the molecule is c1ccc(-c2cc3nc(-n4c5ccc(-c6cccc7c8ccccc8n(-c8ccccc8)c67)cc5c5c6ccccc6ccc54)nc(-c4ccc(N(c5ccccc5)c5ccccc5)cc4)c3s2)cc1. The molecule has 0 aliphatic heterocycles. The van der Waals surface area contributed by atoms with Crippen LogP contribution in [0, 0.1) is 0 Å². The molecule has 0 N–H and O–H groups in total. The lowest BCUT2D eigenvalue weighted by Gasteiger charge is -2.25. The van der Waals surface area contributed by atoms with E-state index in [4.69, 9.17) is 9.97 Å². The van der Waals surface area contributed by atoms with E-state index in [-0.39, 0.29) is 0 Å². The van der Waals surface area contributed by atoms with Gasteiger partial charge >= 0.3 is 0 Å². The highest BCUT2D eigenvalue weighted by Gasteiger charge is 2.23. The first-order valence-electron chi connectivity index (χ1n) is 23.7. The number of aromatic nitrogens is 4. The van der Waals surface area contributed by atoms with Crippen molar-refractivity contribution in [3.8, 4) is 44.5 Å². The van der Waals surface area contributed by atoms with Crippen molar-refractivity contribution in [2.75, 3.05) is 4.90 Å². The average Bonchev–Trinajstić information content (AvgIpc) is 4.13. The molecule has 4 heterocycles. The van der Waals surface area contributed by atoms with Crippen LogP contribution < -0.4 is 4.90 Å². The van der Waals surface area contributed by atoms with Crippen molar-refractivity contribution in [2.45, 2.75) is 0 Å². The number of anilines is 3. The topological polar surface area (TPSA) is 38.9 Å². The van der Waals surface area contributed by atoms with Gasteiger partial charge in [0.1, 0.15) is 0 Å². The lowest BCUT2D eigenvalue weighted by atomic mass is 9.98. The van der Waals surface area contributed by atoms with E-state index in [1.807, 2.05) is 0 Å². The van der Waals surface area contributed by atoms with Gasteiger partial charge in [-0.2, -0.15) is 0 Å². The molecule has 6 heteroatoms. The molecule has 5 nitrogen and oxygen atoms in total. The summed E-state index contributed by atoms with van der Waals surface area (Å²) < 4.78 is 5.76. The van der Waals surface area contributed by atoms with E-state index in [0.717, 1.165) is 76.6 Å². The fourth-order valence-electron chi connectivity index (χ4n) is 10.6. The third-order valence-electron chi connectivity index (χ3n) is 13.7. The molecule has 0 bridgehead atoms. The van der Waals surface area contributed by atoms with Gasteiger partial charge in [-0.05, 0) is 101 Å². The fraction of sp³-hybridized carbons (Fsp3) is 0. The zero-order valence-electron chi connectivity index (χ0n) is 37.8. The van der Waals surface area contributed by atoms with E-state index in [2.05, 4.69) is 263 Å². The number of hydrogen-bond donors (Lipinski definition) is 0. The summed E-state index contributed by atoms with van der Waals surface area (Å²) in [5.41, 5.74) is 15.2. The van der Waals surface area contributed by atoms with Crippen LogP contribution >= 0.6 is 11.3 Å². The van der Waals surface area contributed by atoms with E-state index >= 15 is 0 Å². The van der Waals surface area contributed by atoms with E-state index in [1.165, 1.54) is 43.5 Å². The van der Waals surface area contributed by atoms with Gasteiger partial charge in [-0.3, -0.25) is 4.57 Å². The minimum Gasteiger partial charge on any atom is -0.311 e. The maximum Gasteiger partial charge on any atom is 0.235 e. The van der Waals surface area contributed by atoms with Gasteiger partial charge in [0.25, 0.3) is 0 Å². The third-order valence-corrected chi connectivity index (χ3v) is 14.9. The largest absolute Gasteiger partial charge is 0.311 e. The van der Waals surface area contributed by atoms with Crippen molar-refractivity contribution in [3.63, 3.8) is 0 Å². The fourth-order valence-corrected chi connectivity index (χ4v) is 11.7. The molecule has 0 amide bonds. The quantitative estimate of drug-likeness (QED) is 0.152. The highest BCUT2D eigenvalue weighted by molar-refractivity contribution is 7.22. The Morgan fingerprint density at radius 3 is 1.74 bits per heavy atom. The minimum atomic E-state index is 0.633. The monoisotopic (exact) mass is 911 g/mol. The summed E-state index contributed by atoms with van der Waals surface area (Å²) in [5, 5.41) is 7.17. The van der Waals surface area contributed by atoms with Crippen LogP contribution in [0.25, 0.3) is 109 Å². The highest BCUT2D eigenvalue weighted by Crippen LogP contribution is 2.44. The van der Waals surface area contributed by atoms with E-state index < -0.39 is 0 Å². The van der Waals surface area contributed by atoms with Crippen LogP contribution in [-0.4, -0.2) is 19.1 Å². The van der Waals surface area contributed by atoms with Gasteiger partial charge in [-0.15, -0.1) is 11.3 Å². The van der Waals surface area contributed by atoms with Gasteiger partial charge in [0.05, 0.1) is 38.0 Å². The minimum absolute atomic E-state index is 0.633. The number of rotatable bonds is 8. The van der Waals surface area contributed by atoms with Crippen LogP contribution in [0.15, 0.2) is 249 Å². The molecule has 14 rings (SSSR count). The number of para-hydroxylation sites is 5. The predicted octanol–water partition coefficient (Wildman–Crippen LogP) is 17.5. The van der Waals surface area contributed by atoms with Crippen molar-refractivity contribution < 1.29 is 0 Å². The van der Waals surface area contributed by atoms with Crippen LogP contribution in [-0.2, 0) is 0 Å². The number of benzene rings is 10. The van der Waals surface area contributed by atoms with Crippen molar-refractivity contribution in [1.82, 2.24) is 19.1 Å². The first-order valence-corrected chi connectivity index (χ1v) is 24.5. The van der Waals surface area contributed by atoms with Crippen LogP contribution in [0.4, 0.5) is 17.1 Å². The molecule has 70 heavy (non-hydrogen) atoms. The standard InChI is InChI=1S/C64H41N5S/c1-5-19-43(20-6-1)59-41-55-63(70-59)61(44-32-36-49(37-33-44)67(46-21-7-2-8-22-46)47-23-9-3-10-24-47)66-64(65-55)69-57-38-35-45(40-54(57)60-50-27-14-13-18-42(50)34-39-58(60)69)51-29-17-30-53-52-28-15-16-31-56(52)68(62(51)53)48-25-11-4-12-26-48/h1-41H. The van der Waals surface area contributed by atoms with Crippen LogP contribution in [0.3, 0.4) is 0 Å². The number of nitrogens with zero attached hydrogens (tertiary/aromatic N) is 5. The van der Waals surface area contributed by atoms with E-state index in [9.17, 15) is 0 Å². The average molecular weight is 912 g/mol. The molecule has 4 aromatic heterocycles. The summed E-state index contributed by atoms with van der Waals surface area (Å²) in [7, 11) is 0. The van der Waals surface area contributed by atoms with Crippen LogP contribution in [0.5, 0.6) is 0 Å². The summed E-state index contributed by atoms with van der Waals surface area (Å²) in [6.45, 7) is 0. The van der Waals surface area contributed by atoms with Gasteiger partial charge in [0, 0.05) is 60.3 Å². The molecule has 0 radical (unpaired) electrons. The lowest BCUT2D eigenvalue weighted by Crippen LogP contribution is -2.09. The molecule has 0 aliphatic rings. The number of hydrogen-bond acceptors (Lipinski definition) is 4. The molecular formula is C64H41N5S. The highest BCUT2D eigenvalue weighted by atomic mass is 32.1. The summed E-state index contributed by atoms with van der Waals surface area (Å²) in [5.74, 6) is 0.633. The Bertz CT molecular complexity index is 4230. The van der Waals surface area contributed by atoms with Crippen molar-refractivity contribution in [1.29, 1.82) is 0 Å². The first-order chi connectivity index (χ1) is 34.7. The van der Waals surface area contributed by atoms with Crippen LogP contribution in [0.1, 0.15) is 0 Å². The second-order valence-corrected chi connectivity index (χ2v) is 18.8. The molecule has 0 fully saturated rings. The molecule has 0 unspecified atom stereocenters. The summed E-state index contributed by atoms with van der Waals surface area (Å²) in [6, 6.07) is 89.1. The van der Waals surface area contributed by atoms with Crippen molar-refractivity contribution >= 4 is 93.0 Å². The van der Waals surface area contributed by atoms with E-state index in [1.54, 1.807) is 11.3 Å². The second-order valence-electron chi connectivity index (χ2n) is 17.8. The third kappa shape index (κ3) is 6.45. The van der Waals surface area contributed by atoms with Gasteiger partial charge in [-0.25, -0.2) is 9.97 Å². The summed E-state index contributed by atoms with van der Waals surface area (Å²) >= 11 is 1.75. The Morgan fingerprint density at radius 1 is 0.386 bits per heavy atom. The Kier molecular flexibility index (Phi) is 9.32. The van der Waals surface area contributed by atoms with Gasteiger partial charge in [-0.1, -0.05) is 170 Å². The molecule has 0 saturated heterocycles. The second kappa shape index (κ2) is 16.3. The smallest absolute Gasteiger partial charge is 0.235 e. The Labute approximate surface area is 408 Å². The number of thiophene rings is 1. The molecule has 14 aromatic rings. The summed E-state index contributed by atoms with van der Waals surface area (Å²) in [6.07, 6.45) is 0. The molecule has 10 aromatic carbocycles. The lowest BCUT2D eigenvalue weighted by molar-refractivity contribution is 1.02. The molecule has 0 spiro atoms. The van der Waals surface area contributed by atoms with Crippen molar-refractivity contribution in [3.05, 3.63) is 249 Å². The predicted molar refractivity (Wildman–Crippen MR) is 295 cm³/mol. The molecule has 0 saturated carbocycles. The molecular weight excluding hydrogens is 871 g/mol. The molecule has 0 aliphatic carbocycles. The molecule has 328 valence electrons. The van der Waals surface area contributed by atoms with Gasteiger partial charge in [0.15, 0.2) is 0 Å². The normalized spacial score (nSPS) is 11.7. The Hall–Kier alpha value is -9.10. The zero-order valence-corrected chi connectivity index (χ0v) is 38.6. The van der Waals surface area contributed by atoms with Gasteiger partial charge < -0.3 is 9.47 Å². The van der Waals surface area contributed by atoms with Crippen LogP contribution in [0.2, 0.25) is 0 Å². The first kappa shape index (κ1) is 40.0. The Morgan fingerprint density at radius 2 is 0.986 bits per heavy atom. The number of fused-ring (bicyclic) bond motifs is 9. The van der Waals surface area contributed by atoms with Gasteiger partial charge in [0.2, 0.25) is 5.95 Å². The molecule has 0 atom stereocenters. The maximum atomic E-state index is 5.63.